The first-order valence-electron chi connectivity index (χ1n) is 5.51. The molecule has 100 valence electrons. The van der Waals surface area contributed by atoms with E-state index in [9.17, 15) is 18.0 Å². The fourth-order valence-electron chi connectivity index (χ4n) is 2.28. The van der Waals surface area contributed by atoms with Crippen LogP contribution < -0.4 is 5.73 Å². The molecule has 1 rings (SSSR count). The lowest BCUT2D eigenvalue weighted by molar-refractivity contribution is -0.150. The van der Waals surface area contributed by atoms with Crippen molar-refractivity contribution in [2.24, 2.45) is 5.73 Å². The van der Waals surface area contributed by atoms with Crippen molar-refractivity contribution >= 4 is 5.97 Å². The number of carboxylic acid groups (broad SMARTS) is 1. The van der Waals surface area contributed by atoms with Crippen LogP contribution in [0.1, 0.15) is 26.2 Å². The van der Waals surface area contributed by atoms with Crippen molar-refractivity contribution in [3.8, 4) is 0 Å². The summed E-state index contributed by atoms with van der Waals surface area (Å²) in [5.74, 6) is -1.14. The van der Waals surface area contributed by atoms with E-state index < -0.39 is 30.3 Å². The summed E-state index contributed by atoms with van der Waals surface area (Å²) in [6, 6.07) is -0.400. The van der Waals surface area contributed by atoms with Crippen molar-refractivity contribution in [2.75, 3.05) is 13.1 Å². The second kappa shape index (κ2) is 4.81. The van der Waals surface area contributed by atoms with Crippen molar-refractivity contribution in [3.63, 3.8) is 0 Å². The van der Waals surface area contributed by atoms with Gasteiger partial charge in [0.1, 0.15) is 5.54 Å². The lowest BCUT2D eigenvalue weighted by atomic mass is 9.99. The molecule has 1 fully saturated rings. The van der Waals surface area contributed by atoms with Crippen molar-refractivity contribution in [2.45, 2.75) is 43.9 Å². The van der Waals surface area contributed by atoms with Crippen LogP contribution in [0.4, 0.5) is 13.2 Å². The Morgan fingerprint density at radius 2 is 2.18 bits per heavy atom. The molecule has 0 aliphatic heterocycles. The molecule has 2 atom stereocenters. The molecule has 0 spiro atoms. The van der Waals surface area contributed by atoms with E-state index in [1.54, 1.807) is 6.92 Å². The molecule has 1 aliphatic carbocycles. The third kappa shape index (κ3) is 3.57. The maximum Gasteiger partial charge on any atom is 0.401 e. The molecule has 0 amide bonds. The van der Waals surface area contributed by atoms with Crippen LogP contribution in [0.15, 0.2) is 0 Å². The zero-order valence-corrected chi connectivity index (χ0v) is 9.63. The summed E-state index contributed by atoms with van der Waals surface area (Å²) in [7, 11) is 0. The molecule has 0 saturated heterocycles. The van der Waals surface area contributed by atoms with Gasteiger partial charge in [0.05, 0.1) is 6.54 Å². The molecular formula is C10H17F3N2O2. The van der Waals surface area contributed by atoms with Gasteiger partial charge in [0.2, 0.25) is 0 Å². The normalized spacial score (nSPS) is 29.9. The Balaban J connectivity index is 2.65. The Labute approximate surface area is 97.6 Å². The van der Waals surface area contributed by atoms with Gasteiger partial charge in [-0.1, -0.05) is 6.92 Å². The quantitative estimate of drug-likeness (QED) is 0.791. The van der Waals surface area contributed by atoms with Crippen LogP contribution in [0.2, 0.25) is 0 Å². The Hall–Kier alpha value is -0.820. The number of alkyl halides is 3. The zero-order valence-electron chi connectivity index (χ0n) is 9.63. The monoisotopic (exact) mass is 254 g/mol. The maximum atomic E-state index is 12.3. The summed E-state index contributed by atoms with van der Waals surface area (Å²) in [4.78, 5) is 12.1. The number of hydrogen-bond acceptors (Lipinski definition) is 3. The van der Waals surface area contributed by atoms with E-state index in [1.807, 2.05) is 0 Å². The third-order valence-electron chi connectivity index (χ3n) is 3.25. The highest BCUT2D eigenvalue weighted by Gasteiger charge is 2.45. The van der Waals surface area contributed by atoms with Gasteiger partial charge in [0, 0.05) is 6.04 Å². The highest BCUT2D eigenvalue weighted by molar-refractivity contribution is 5.79. The fourth-order valence-corrected chi connectivity index (χ4v) is 2.28. The first-order valence-corrected chi connectivity index (χ1v) is 5.51. The predicted octanol–water partition coefficient (Wildman–Crippen LogP) is 1.21. The zero-order chi connectivity index (χ0) is 13.3. The van der Waals surface area contributed by atoms with Crippen LogP contribution in [0.25, 0.3) is 0 Å². The molecule has 1 saturated carbocycles. The lowest BCUT2D eigenvalue weighted by Gasteiger charge is -2.29. The highest BCUT2D eigenvalue weighted by atomic mass is 19.4. The van der Waals surface area contributed by atoms with Crippen LogP contribution in [-0.2, 0) is 4.79 Å². The maximum absolute atomic E-state index is 12.3. The van der Waals surface area contributed by atoms with Crippen molar-refractivity contribution in [3.05, 3.63) is 0 Å². The minimum Gasteiger partial charge on any atom is -0.480 e. The number of aliphatic carboxylic acids is 1. The number of carbonyl (C=O) groups is 1. The molecule has 17 heavy (non-hydrogen) atoms. The largest absolute Gasteiger partial charge is 0.480 e. The van der Waals surface area contributed by atoms with Crippen molar-refractivity contribution < 1.29 is 23.1 Å². The number of nitrogens with two attached hydrogens (primary N) is 1. The Morgan fingerprint density at radius 1 is 1.59 bits per heavy atom. The molecule has 0 heterocycles. The van der Waals surface area contributed by atoms with Gasteiger partial charge in [-0.15, -0.1) is 0 Å². The van der Waals surface area contributed by atoms with E-state index in [4.69, 9.17) is 10.8 Å². The Morgan fingerprint density at radius 3 is 2.53 bits per heavy atom. The molecule has 7 heteroatoms. The van der Waals surface area contributed by atoms with Gasteiger partial charge in [-0.2, -0.15) is 13.2 Å². The molecule has 0 radical (unpaired) electrons. The average molecular weight is 254 g/mol. The van der Waals surface area contributed by atoms with Crippen LogP contribution in [0.3, 0.4) is 0 Å². The van der Waals surface area contributed by atoms with Crippen molar-refractivity contribution in [1.29, 1.82) is 0 Å². The lowest BCUT2D eigenvalue weighted by Crippen LogP contribution is -2.48. The summed E-state index contributed by atoms with van der Waals surface area (Å²) in [5, 5.41) is 8.91. The summed E-state index contributed by atoms with van der Waals surface area (Å²) >= 11 is 0. The SMILES string of the molecule is CCN(CC(F)(F)F)C1CCC(N)(C(=O)O)C1. The Bertz CT molecular complexity index is 296. The molecule has 0 aromatic heterocycles. The van der Waals surface area contributed by atoms with Gasteiger partial charge >= 0.3 is 12.1 Å². The van der Waals surface area contributed by atoms with E-state index in [0.717, 1.165) is 0 Å². The predicted molar refractivity (Wildman–Crippen MR) is 55.5 cm³/mol. The summed E-state index contributed by atoms with van der Waals surface area (Å²) in [5.41, 5.74) is 4.27. The number of carboxylic acids is 1. The Kier molecular flexibility index (Phi) is 4.03. The minimum absolute atomic E-state index is 0.0756. The van der Waals surface area contributed by atoms with Crippen LogP contribution >= 0.6 is 0 Å². The van der Waals surface area contributed by atoms with Crippen LogP contribution in [0, 0.1) is 0 Å². The first-order chi connectivity index (χ1) is 7.68. The molecule has 4 nitrogen and oxygen atoms in total. The molecular weight excluding hydrogens is 237 g/mol. The van der Waals surface area contributed by atoms with Crippen LogP contribution in [0.5, 0.6) is 0 Å². The van der Waals surface area contributed by atoms with Gasteiger partial charge in [-0.05, 0) is 25.8 Å². The highest BCUT2D eigenvalue weighted by Crippen LogP contribution is 2.32. The van der Waals surface area contributed by atoms with E-state index >= 15 is 0 Å². The van der Waals surface area contributed by atoms with Gasteiger partial charge in [0.25, 0.3) is 0 Å². The second-order valence-corrected chi connectivity index (χ2v) is 4.54. The van der Waals surface area contributed by atoms with Gasteiger partial charge in [-0.25, -0.2) is 0 Å². The smallest absolute Gasteiger partial charge is 0.401 e. The van der Waals surface area contributed by atoms with E-state index in [2.05, 4.69) is 0 Å². The molecule has 0 bridgehead atoms. The van der Waals surface area contributed by atoms with Gasteiger partial charge in [-0.3, -0.25) is 9.69 Å². The van der Waals surface area contributed by atoms with Gasteiger partial charge < -0.3 is 10.8 Å². The van der Waals surface area contributed by atoms with E-state index in [1.165, 1.54) is 4.90 Å². The second-order valence-electron chi connectivity index (χ2n) is 4.54. The molecule has 0 aromatic rings. The average Bonchev–Trinajstić information content (AvgIpc) is 2.57. The number of nitrogens with zero attached hydrogens (tertiary/aromatic N) is 1. The summed E-state index contributed by atoms with van der Waals surface area (Å²) < 4.78 is 36.9. The number of rotatable bonds is 4. The molecule has 2 unspecified atom stereocenters. The van der Waals surface area contributed by atoms with E-state index in [0.29, 0.717) is 6.42 Å². The summed E-state index contributed by atoms with van der Waals surface area (Å²) in [6.45, 7) is 0.854. The first kappa shape index (κ1) is 14.2. The minimum atomic E-state index is -4.26. The molecule has 3 N–H and O–H groups in total. The third-order valence-corrected chi connectivity index (χ3v) is 3.25. The van der Waals surface area contributed by atoms with Crippen molar-refractivity contribution in [1.82, 2.24) is 4.90 Å². The number of halogens is 3. The fraction of sp³-hybridized carbons (Fsp3) is 0.900. The van der Waals surface area contributed by atoms with Crippen LogP contribution in [-0.4, -0.2) is 46.8 Å². The topological polar surface area (TPSA) is 66.6 Å². The molecule has 1 aliphatic rings. The number of hydrogen-bond donors (Lipinski definition) is 2. The standard InChI is InChI=1S/C10H17F3N2O2/c1-2-15(6-10(11,12)13)7-3-4-9(14,5-7)8(16)17/h7H,2-6,14H2,1H3,(H,16,17). The van der Waals surface area contributed by atoms with Gasteiger partial charge in [0.15, 0.2) is 0 Å². The summed E-state index contributed by atoms with van der Waals surface area (Å²) in [6.07, 6.45) is -3.57. The van der Waals surface area contributed by atoms with E-state index in [-0.39, 0.29) is 19.4 Å². The molecule has 0 aromatic carbocycles.